The van der Waals surface area contributed by atoms with E-state index in [-0.39, 0.29) is 11.9 Å². The predicted octanol–water partition coefficient (Wildman–Crippen LogP) is 0.890. The molecule has 0 amide bonds. The highest BCUT2D eigenvalue weighted by molar-refractivity contribution is 6.01. The number of hydrogen-bond acceptors (Lipinski definition) is 5. The Bertz CT molecular complexity index is 544. The Morgan fingerprint density at radius 3 is 3.10 bits per heavy atom. The largest absolute Gasteiger partial charge is 0.409 e. The standard InChI is InChI=1S/C14H20N4O2/c1-20-10-5-6-18(8-10)14-11(13(15)17-19)7-9-3-2-4-12(9)16-14/h7,10,19H,2-6,8H2,1H3,(H2,15,17). The molecule has 0 aromatic carbocycles. The van der Waals surface area contributed by atoms with Crippen molar-refractivity contribution in [3.05, 3.63) is 22.9 Å². The van der Waals surface area contributed by atoms with Gasteiger partial charge in [0.2, 0.25) is 0 Å². The van der Waals surface area contributed by atoms with E-state index in [0.717, 1.165) is 55.8 Å². The smallest absolute Gasteiger partial charge is 0.173 e. The van der Waals surface area contributed by atoms with Crippen molar-refractivity contribution in [1.29, 1.82) is 0 Å². The van der Waals surface area contributed by atoms with Crippen LogP contribution in [0.25, 0.3) is 0 Å². The van der Waals surface area contributed by atoms with Crippen molar-refractivity contribution in [2.45, 2.75) is 31.8 Å². The summed E-state index contributed by atoms with van der Waals surface area (Å²) in [5.74, 6) is 0.948. The minimum atomic E-state index is 0.128. The van der Waals surface area contributed by atoms with Gasteiger partial charge in [-0.05, 0) is 37.3 Å². The summed E-state index contributed by atoms with van der Waals surface area (Å²) >= 11 is 0. The van der Waals surface area contributed by atoms with E-state index in [1.165, 1.54) is 5.56 Å². The third kappa shape index (κ3) is 2.20. The number of aromatic nitrogens is 1. The van der Waals surface area contributed by atoms with Crippen LogP contribution >= 0.6 is 0 Å². The molecule has 108 valence electrons. The van der Waals surface area contributed by atoms with E-state index in [1.54, 1.807) is 7.11 Å². The van der Waals surface area contributed by atoms with Crippen LogP contribution in [0.5, 0.6) is 0 Å². The molecule has 2 aliphatic rings. The molecular weight excluding hydrogens is 256 g/mol. The molecule has 0 bridgehead atoms. The van der Waals surface area contributed by atoms with Gasteiger partial charge in [-0.3, -0.25) is 0 Å². The van der Waals surface area contributed by atoms with Crippen LogP contribution in [-0.2, 0) is 17.6 Å². The van der Waals surface area contributed by atoms with E-state index < -0.39 is 0 Å². The first kappa shape index (κ1) is 13.2. The van der Waals surface area contributed by atoms with Gasteiger partial charge in [0.1, 0.15) is 5.82 Å². The number of nitrogens with zero attached hydrogens (tertiary/aromatic N) is 3. The Hall–Kier alpha value is -1.82. The lowest BCUT2D eigenvalue weighted by Crippen LogP contribution is -2.27. The van der Waals surface area contributed by atoms with Crippen LogP contribution in [0.3, 0.4) is 0 Å². The number of aryl methyl sites for hydroxylation is 2. The van der Waals surface area contributed by atoms with Gasteiger partial charge in [-0.2, -0.15) is 0 Å². The summed E-state index contributed by atoms with van der Waals surface area (Å²) < 4.78 is 5.40. The van der Waals surface area contributed by atoms with Crippen LogP contribution in [-0.4, -0.2) is 42.3 Å². The van der Waals surface area contributed by atoms with Crippen molar-refractivity contribution in [2.24, 2.45) is 10.9 Å². The molecule has 3 rings (SSSR count). The number of fused-ring (bicyclic) bond motifs is 1. The molecule has 2 heterocycles. The molecule has 1 unspecified atom stereocenters. The van der Waals surface area contributed by atoms with Crippen molar-refractivity contribution in [3.8, 4) is 0 Å². The van der Waals surface area contributed by atoms with Gasteiger partial charge in [0.15, 0.2) is 5.84 Å². The third-order valence-corrected chi connectivity index (χ3v) is 4.19. The Morgan fingerprint density at radius 2 is 2.40 bits per heavy atom. The van der Waals surface area contributed by atoms with Crippen LogP contribution in [0.4, 0.5) is 5.82 Å². The lowest BCUT2D eigenvalue weighted by atomic mass is 10.1. The number of pyridine rings is 1. The van der Waals surface area contributed by atoms with Crippen LogP contribution in [0, 0.1) is 0 Å². The number of oxime groups is 1. The van der Waals surface area contributed by atoms with Gasteiger partial charge < -0.3 is 20.6 Å². The highest BCUT2D eigenvalue weighted by Gasteiger charge is 2.28. The first-order valence-corrected chi connectivity index (χ1v) is 7.01. The number of rotatable bonds is 3. The normalized spacial score (nSPS) is 22.4. The summed E-state index contributed by atoms with van der Waals surface area (Å²) in [5.41, 5.74) is 8.92. The van der Waals surface area contributed by atoms with Gasteiger partial charge in [0, 0.05) is 25.9 Å². The quantitative estimate of drug-likeness (QED) is 0.371. The maximum atomic E-state index is 8.99. The van der Waals surface area contributed by atoms with Crippen molar-refractivity contribution >= 4 is 11.7 Å². The van der Waals surface area contributed by atoms with E-state index in [0.29, 0.717) is 0 Å². The maximum Gasteiger partial charge on any atom is 0.173 e. The highest BCUT2D eigenvalue weighted by atomic mass is 16.5. The molecule has 6 heteroatoms. The summed E-state index contributed by atoms with van der Waals surface area (Å²) in [7, 11) is 1.73. The van der Waals surface area contributed by atoms with Crippen molar-refractivity contribution < 1.29 is 9.94 Å². The molecule has 3 N–H and O–H groups in total. The Kier molecular flexibility index (Phi) is 3.48. The lowest BCUT2D eigenvalue weighted by molar-refractivity contribution is 0.121. The summed E-state index contributed by atoms with van der Waals surface area (Å²) in [4.78, 5) is 6.94. The predicted molar refractivity (Wildman–Crippen MR) is 76.4 cm³/mol. The molecule has 1 aliphatic carbocycles. The summed E-state index contributed by atoms with van der Waals surface area (Å²) in [6, 6.07) is 2.03. The number of amidine groups is 1. The van der Waals surface area contributed by atoms with E-state index in [4.69, 9.17) is 20.7 Å². The monoisotopic (exact) mass is 276 g/mol. The summed E-state index contributed by atoms with van der Waals surface area (Å²) in [6.07, 6.45) is 4.37. The van der Waals surface area contributed by atoms with Crippen LogP contribution in [0.1, 0.15) is 29.7 Å². The minimum absolute atomic E-state index is 0.128. The zero-order valence-corrected chi connectivity index (χ0v) is 11.7. The molecule has 1 aromatic rings. The SMILES string of the molecule is COC1CCN(c2nc3c(cc2C(N)=NO)CCC3)C1. The summed E-state index contributed by atoms with van der Waals surface area (Å²) in [5, 5.41) is 12.1. The zero-order chi connectivity index (χ0) is 14.1. The van der Waals surface area contributed by atoms with Gasteiger partial charge in [0.25, 0.3) is 0 Å². The Morgan fingerprint density at radius 1 is 1.55 bits per heavy atom. The maximum absolute atomic E-state index is 8.99. The van der Waals surface area contributed by atoms with E-state index in [9.17, 15) is 0 Å². The van der Waals surface area contributed by atoms with Crippen LogP contribution < -0.4 is 10.6 Å². The molecule has 6 nitrogen and oxygen atoms in total. The van der Waals surface area contributed by atoms with E-state index >= 15 is 0 Å². The van der Waals surface area contributed by atoms with Gasteiger partial charge in [0.05, 0.1) is 11.7 Å². The Labute approximate surface area is 118 Å². The van der Waals surface area contributed by atoms with Gasteiger partial charge >= 0.3 is 0 Å². The molecule has 0 radical (unpaired) electrons. The third-order valence-electron chi connectivity index (χ3n) is 4.19. The van der Waals surface area contributed by atoms with Gasteiger partial charge in [-0.1, -0.05) is 5.16 Å². The molecule has 1 fully saturated rings. The topological polar surface area (TPSA) is 84.0 Å². The second-order valence-corrected chi connectivity index (χ2v) is 5.40. The molecule has 1 aliphatic heterocycles. The van der Waals surface area contributed by atoms with Crippen LogP contribution in [0.2, 0.25) is 0 Å². The highest BCUT2D eigenvalue weighted by Crippen LogP contribution is 2.29. The molecule has 1 atom stereocenters. The molecule has 20 heavy (non-hydrogen) atoms. The molecule has 0 spiro atoms. The average molecular weight is 276 g/mol. The molecular formula is C14H20N4O2. The average Bonchev–Trinajstić information content (AvgIpc) is 3.12. The zero-order valence-electron chi connectivity index (χ0n) is 11.7. The fraction of sp³-hybridized carbons (Fsp3) is 0.571. The van der Waals surface area contributed by atoms with Crippen LogP contribution in [0.15, 0.2) is 11.2 Å². The lowest BCUT2D eigenvalue weighted by Gasteiger charge is -2.21. The number of hydrogen-bond donors (Lipinski definition) is 2. The number of nitrogens with two attached hydrogens (primary N) is 1. The Balaban J connectivity index is 2.00. The fourth-order valence-electron chi connectivity index (χ4n) is 3.06. The number of anilines is 1. The molecule has 0 saturated carbocycles. The molecule has 1 aromatic heterocycles. The van der Waals surface area contributed by atoms with Crippen molar-refractivity contribution in [2.75, 3.05) is 25.1 Å². The van der Waals surface area contributed by atoms with Crippen molar-refractivity contribution in [3.63, 3.8) is 0 Å². The fourth-order valence-corrected chi connectivity index (χ4v) is 3.06. The van der Waals surface area contributed by atoms with Gasteiger partial charge in [-0.15, -0.1) is 0 Å². The first-order valence-electron chi connectivity index (χ1n) is 7.01. The van der Waals surface area contributed by atoms with E-state index in [1.807, 2.05) is 6.07 Å². The van der Waals surface area contributed by atoms with Crippen molar-refractivity contribution in [1.82, 2.24) is 4.98 Å². The minimum Gasteiger partial charge on any atom is -0.409 e. The second kappa shape index (κ2) is 5.28. The second-order valence-electron chi connectivity index (χ2n) is 5.40. The summed E-state index contributed by atoms with van der Waals surface area (Å²) in [6.45, 7) is 1.68. The molecule has 1 saturated heterocycles. The van der Waals surface area contributed by atoms with E-state index in [2.05, 4.69) is 10.1 Å². The number of methoxy groups -OCH3 is 1. The number of ether oxygens (including phenoxy) is 1. The first-order chi connectivity index (χ1) is 9.72. The van der Waals surface area contributed by atoms with Gasteiger partial charge in [-0.25, -0.2) is 4.98 Å².